The first-order valence-electron chi connectivity index (χ1n) is 6.38. The Bertz CT molecular complexity index is 574. The zero-order valence-corrected chi connectivity index (χ0v) is 11.8. The Morgan fingerprint density at radius 1 is 1.32 bits per heavy atom. The van der Waals surface area contributed by atoms with Crippen LogP contribution in [0, 0.1) is 13.8 Å². The highest BCUT2D eigenvalue weighted by Crippen LogP contribution is 2.27. The van der Waals surface area contributed by atoms with Crippen LogP contribution in [0.3, 0.4) is 0 Å². The molecule has 0 saturated carbocycles. The molecule has 0 bridgehead atoms. The molecule has 1 aromatic carbocycles. The first-order valence-corrected chi connectivity index (χ1v) is 6.38. The van der Waals surface area contributed by atoms with E-state index in [9.17, 15) is 5.11 Å². The van der Waals surface area contributed by atoms with Crippen molar-refractivity contribution < 1.29 is 9.84 Å². The standard InChI is InChI=1S/C15H20N2O2/c1-10-5-6-14(12(3)18)15(7-10)19-9-13-8-11(2)16-17(13)4/h5-8,12,18H,9H2,1-4H3. The zero-order chi connectivity index (χ0) is 14.0. The second-order valence-electron chi connectivity index (χ2n) is 4.91. The van der Waals surface area contributed by atoms with Crippen LogP contribution in [0.25, 0.3) is 0 Å². The van der Waals surface area contributed by atoms with Gasteiger partial charge in [0.2, 0.25) is 0 Å². The maximum absolute atomic E-state index is 9.75. The number of benzene rings is 1. The van der Waals surface area contributed by atoms with E-state index >= 15 is 0 Å². The number of aromatic nitrogens is 2. The molecule has 19 heavy (non-hydrogen) atoms. The molecule has 0 aliphatic heterocycles. The molecule has 0 spiro atoms. The van der Waals surface area contributed by atoms with Gasteiger partial charge in [-0.25, -0.2) is 0 Å². The van der Waals surface area contributed by atoms with E-state index in [-0.39, 0.29) is 0 Å². The molecule has 1 aromatic heterocycles. The van der Waals surface area contributed by atoms with Gasteiger partial charge in [-0.05, 0) is 38.5 Å². The summed E-state index contributed by atoms with van der Waals surface area (Å²) in [5.41, 5.74) is 3.90. The normalized spacial score (nSPS) is 12.5. The molecule has 0 fully saturated rings. The summed E-state index contributed by atoms with van der Waals surface area (Å²) in [4.78, 5) is 0. The molecule has 2 rings (SSSR count). The highest BCUT2D eigenvalue weighted by molar-refractivity contribution is 5.38. The smallest absolute Gasteiger partial charge is 0.130 e. The van der Waals surface area contributed by atoms with Gasteiger partial charge in [0, 0.05) is 12.6 Å². The zero-order valence-electron chi connectivity index (χ0n) is 11.8. The molecule has 2 aromatic rings. The van der Waals surface area contributed by atoms with Crippen LogP contribution in [0.1, 0.15) is 35.5 Å². The van der Waals surface area contributed by atoms with Crippen molar-refractivity contribution in [1.82, 2.24) is 9.78 Å². The van der Waals surface area contributed by atoms with Crippen LogP contribution in [0.4, 0.5) is 0 Å². The minimum atomic E-state index is -0.538. The lowest BCUT2D eigenvalue weighted by Gasteiger charge is -2.14. The van der Waals surface area contributed by atoms with Crippen molar-refractivity contribution in [3.8, 4) is 5.75 Å². The molecular formula is C15H20N2O2. The van der Waals surface area contributed by atoms with E-state index in [1.807, 2.05) is 49.8 Å². The highest BCUT2D eigenvalue weighted by atomic mass is 16.5. The fraction of sp³-hybridized carbons (Fsp3) is 0.400. The Labute approximate surface area is 113 Å². The van der Waals surface area contributed by atoms with E-state index < -0.39 is 6.10 Å². The lowest BCUT2D eigenvalue weighted by Crippen LogP contribution is -2.05. The minimum Gasteiger partial charge on any atom is -0.487 e. The predicted molar refractivity (Wildman–Crippen MR) is 74.1 cm³/mol. The van der Waals surface area contributed by atoms with Crippen molar-refractivity contribution >= 4 is 0 Å². The number of hydrogen-bond donors (Lipinski definition) is 1. The number of hydrogen-bond acceptors (Lipinski definition) is 3. The molecule has 0 aliphatic rings. The Kier molecular flexibility index (Phi) is 3.90. The van der Waals surface area contributed by atoms with Crippen LogP contribution in [0.2, 0.25) is 0 Å². The van der Waals surface area contributed by atoms with Crippen LogP contribution in [0.5, 0.6) is 5.75 Å². The molecule has 4 heteroatoms. The fourth-order valence-electron chi connectivity index (χ4n) is 2.06. The maximum atomic E-state index is 9.75. The SMILES string of the molecule is Cc1ccc(C(C)O)c(OCc2cc(C)nn2C)c1. The fourth-order valence-corrected chi connectivity index (χ4v) is 2.06. The lowest BCUT2D eigenvalue weighted by atomic mass is 10.1. The van der Waals surface area contributed by atoms with Crippen LogP contribution in [0.15, 0.2) is 24.3 Å². The summed E-state index contributed by atoms with van der Waals surface area (Å²) in [5, 5.41) is 14.0. The van der Waals surface area contributed by atoms with Crippen molar-refractivity contribution in [3.05, 3.63) is 46.8 Å². The largest absolute Gasteiger partial charge is 0.487 e. The van der Waals surface area contributed by atoms with E-state index in [2.05, 4.69) is 5.10 Å². The molecule has 1 N–H and O–H groups in total. The molecule has 0 radical (unpaired) electrons. The number of nitrogens with zero attached hydrogens (tertiary/aromatic N) is 2. The Morgan fingerprint density at radius 3 is 2.63 bits per heavy atom. The van der Waals surface area contributed by atoms with Gasteiger partial charge in [0.1, 0.15) is 12.4 Å². The summed E-state index contributed by atoms with van der Waals surface area (Å²) in [6.45, 7) is 6.15. The van der Waals surface area contributed by atoms with E-state index in [1.165, 1.54) is 0 Å². The number of rotatable bonds is 4. The summed E-state index contributed by atoms with van der Waals surface area (Å²) in [6, 6.07) is 7.83. The van der Waals surface area contributed by atoms with Gasteiger partial charge < -0.3 is 9.84 Å². The van der Waals surface area contributed by atoms with Gasteiger partial charge >= 0.3 is 0 Å². The van der Waals surface area contributed by atoms with Crippen LogP contribution in [-0.4, -0.2) is 14.9 Å². The average Bonchev–Trinajstić information content (AvgIpc) is 2.65. The van der Waals surface area contributed by atoms with Gasteiger partial charge in [0.15, 0.2) is 0 Å². The van der Waals surface area contributed by atoms with Gasteiger partial charge in [-0.1, -0.05) is 12.1 Å². The van der Waals surface area contributed by atoms with E-state index in [1.54, 1.807) is 6.92 Å². The van der Waals surface area contributed by atoms with Crippen molar-refractivity contribution in [2.24, 2.45) is 7.05 Å². The molecule has 0 saturated heterocycles. The monoisotopic (exact) mass is 260 g/mol. The molecule has 1 unspecified atom stereocenters. The Morgan fingerprint density at radius 2 is 2.05 bits per heavy atom. The minimum absolute atomic E-state index is 0.445. The van der Waals surface area contributed by atoms with Crippen molar-refractivity contribution in [2.45, 2.75) is 33.5 Å². The highest BCUT2D eigenvalue weighted by Gasteiger charge is 2.10. The lowest BCUT2D eigenvalue weighted by molar-refractivity contribution is 0.189. The first-order chi connectivity index (χ1) is 8.97. The van der Waals surface area contributed by atoms with Crippen LogP contribution < -0.4 is 4.74 Å². The number of ether oxygens (including phenoxy) is 1. The second kappa shape index (κ2) is 5.45. The predicted octanol–water partition coefficient (Wildman–Crippen LogP) is 2.67. The summed E-state index contributed by atoms with van der Waals surface area (Å²) < 4.78 is 7.65. The third-order valence-corrected chi connectivity index (χ3v) is 3.09. The summed E-state index contributed by atoms with van der Waals surface area (Å²) in [6.07, 6.45) is -0.538. The molecule has 0 aliphatic carbocycles. The third kappa shape index (κ3) is 3.15. The number of aliphatic hydroxyl groups excluding tert-OH is 1. The number of aliphatic hydroxyl groups is 1. The van der Waals surface area contributed by atoms with Gasteiger partial charge in [0.25, 0.3) is 0 Å². The van der Waals surface area contributed by atoms with E-state index in [4.69, 9.17) is 4.74 Å². The summed E-state index contributed by atoms with van der Waals surface area (Å²) in [5.74, 6) is 0.730. The van der Waals surface area contributed by atoms with Gasteiger partial charge in [-0.2, -0.15) is 5.10 Å². The van der Waals surface area contributed by atoms with E-state index in [0.717, 1.165) is 28.3 Å². The van der Waals surface area contributed by atoms with Crippen molar-refractivity contribution in [3.63, 3.8) is 0 Å². The van der Waals surface area contributed by atoms with Crippen molar-refractivity contribution in [2.75, 3.05) is 0 Å². The molecule has 4 nitrogen and oxygen atoms in total. The molecular weight excluding hydrogens is 240 g/mol. The molecule has 1 atom stereocenters. The van der Waals surface area contributed by atoms with Gasteiger partial charge in [0.05, 0.1) is 17.5 Å². The first kappa shape index (κ1) is 13.6. The summed E-state index contributed by atoms with van der Waals surface area (Å²) >= 11 is 0. The average molecular weight is 260 g/mol. The molecule has 1 heterocycles. The van der Waals surface area contributed by atoms with Crippen LogP contribution >= 0.6 is 0 Å². The number of aryl methyl sites for hydroxylation is 3. The van der Waals surface area contributed by atoms with Gasteiger partial charge in [-0.15, -0.1) is 0 Å². The maximum Gasteiger partial charge on any atom is 0.130 e. The third-order valence-electron chi connectivity index (χ3n) is 3.09. The van der Waals surface area contributed by atoms with Crippen LogP contribution in [-0.2, 0) is 13.7 Å². The van der Waals surface area contributed by atoms with E-state index in [0.29, 0.717) is 6.61 Å². The Balaban J connectivity index is 2.19. The topological polar surface area (TPSA) is 47.3 Å². The van der Waals surface area contributed by atoms with Gasteiger partial charge in [-0.3, -0.25) is 4.68 Å². The molecule has 0 amide bonds. The summed E-state index contributed by atoms with van der Waals surface area (Å²) in [7, 11) is 1.90. The second-order valence-corrected chi connectivity index (χ2v) is 4.91. The quantitative estimate of drug-likeness (QED) is 0.919. The molecule has 102 valence electrons. The Hall–Kier alpha value is -1.81. The van der Waals surface area contributed by atoms with Crippen molar-refractivity contribution in [1.29, 1.82) is 0 Å².